The summed E-state index contributed by atoms with van der Waals surface area (Å²) in [7, 11) is 0. The highest BCUT2D eigenvalue weighted by molar-refractivity contribution is 7.99. The lowest BCUT2D eigenvalue weighted by molar-refractivity contribution is -0.129. The molecule has 0 atom stereocenters. The third-order valence-electron chi connectivity index (χ3n) is 3.18. The van der Waals surface area contributed by atoms with Gasteiger partial charge >= 0.3 is 0 Å². The molecule has 0 aromatic carbocycles. The molecule has 0 spiro atoms. The summed E-state index contributed by atoms with van der Waals surface area (Å²) in [5, 5.41) is 0.680. The van der Waals surface area contributed by atoms with E-state index in [-0.39, 0.29) is 24.4 Å². The zero-order valence-corrected chi connectivity index (χ0v) is 13.5. The minimum Gasteiger partial charge on any atom is -0.342 e. The van der Waals surface area contributed by atoms with Crippen molar-refractivity contribution in [1.82, 2.24) is 14.9 Å². The predicted molar refractivity (Wildman–Crippen MR) is 83.3 cm³/mol. The maximum Gasteiger partial charge on any atom is 0.233 e. The van der Waals surface area contributed by atoms with Crippen LogP contribution in [0.2, 0.25) is 0 Å². The van der Waals surface area contributed by atoms with Crippen molar-refractivity contribution in [3.05, 3.63) is 17.5 Å². The number of hydrogen-bond donors (Lipinski definition) is 1. The van der Waals surface area contributed by atoms with Crippen LogP contribution in [0.15, 0.2) is 11.2 Å². The SMILES string of the molecule is Cc1cc(C)nc(SCC(=O)N2CCC(N)CC2)n1.Cl. The van der Waals surface area contributed by atoms with Crippen molar-refractivity contribution in [3.8, 4) is 0 Å². The molecule has 1 saturated heterocycles. The highest BCUT2D eigenvalue weighted by Crippen LogP contribution is 2.16. The Morgan fingerprint density at radius 1 is 1.35 bits per heavy atom. The van der Waals surface area contributed by atoms with E-state index in [2.05, 4.69) is 9.97 Å². The molecule has 0 radical (unpaired) electrons. The van der Waals surface area contributed by atoms with E-state index < -0.39 is 0 Å². The minimum atomic E-state index is 0. The van der Waals surface area contributed by atoms with E-state index in [9.17, 15) is 4.79 Å². The van der Waals surface area contributed by atoms with Crippen molar-refractivity contribution in [2.24, 2.45) is 5.73 Å². The highest BCUT2D eigenvalue weighted by atomic mass is 35.5. The van der Waals surface area contributed by atoms with Gasteiger partial charge in [-0.3, -0.25) is 4.79 Å². The number of thioether (sulfide) groups is 1. The van der Waals surface area contributed by atoms with E-state index >= 15 is 0 Å². The number of piperidine rings is 1. The monoisotopic (exact) mass is 316 g/mol. The Morgan fingerprint density at radius 3 is 2.45 bits per heavy atom. The predicted octanol–water partition coefficient (Wildman–Crippen LogP) is 1.56. The van der Waals surface area contributed by atoms with E-state index in [1.807, 2.05) is 24.8 Å². The molecule has 2 heterocycles. The first-order valence-electron chi connectivity index (χ1n) is 6.53. The number of aryl methyl sites for hydroxylation is 2. The number of carbonyl (C=O) groups excluding carboxylic acids is 1. The Labute approximate surface area is 130 Å². The van der Waals surface area contributed by atoms with Crippen LogP contribution in [0.25, 0.3) is 0 Å². The van der Waals surface area contributed by atoms with Gasteiger partial charge in [-0.1, -0.05) is 11.8 Å². The molecule has 112 valence electrons. The van der Waals surface area contributed by atoms with Crippen molar-refractivity contribution in [1.29, 1.82) is 0 Å². The molecule has 1 amide bonds. The van der Waals surface area contributed by atoms with Crippen LogP contribution in [0.1, 0.15) is 24.2 Å². The van der Waals surface area contributed by atoms with Crippen LogP contribution in [0.3, 0.4) is 0 Å². The summed E-state index contributed by atoms with van der Waals surface area (Å²) < 4.78 is 0. The first kappa shape index (κ1) is 17.2. The number of nitrogens with two attached hydrogens (primary N) is 1. The largest absolute Gasteiger partial charge is 0.342 e. The fourth-order valence-corrected chi connectivity index (χ4v) is 2.98. The van der Waals surface area contributed by atoms with Crippen LogP contribution in [0, 0.1) is 13.8 Å². The second-order valence-electron chi connectivity index (χ2n) is 4.94. The maximum absolute atomic E-state index is 12.1. The lowest BCUT2D eigenvalue weighted by Gasteiger charge is -2.30. The minimum absolute atomic E-state index is 0. The van der Waals surface area contributed by atoms with Crippen LogP contribution in [-0.2, 0) is 4.79 Å². The quantitative estimate of drug-likeness (QED) is 0.677. The number of nitrogens with zero attached hydrogens (tertiary/aromatic N) is 3. The number of carbonyl (C=O) groups is 1. The van der Waals surface area contributed by atoms with Crippen LogP contribution >= 0.6 is 24.2 Å². The summed E-state index contributed by atoms with van der Waals surface area (Å²) >= 11 is 1.41. The van der Waals surface area contributed by atoms with Crippen molar-refractivity contribution < 1.29 is 4.79 Å². The first-order valence-corrected chi connectivity index (χ1v) is 7.51. The Hall–Kier alpha value is -0.850. The maximum atomic E-state index is 12.1. The van der Waals surface area contributed by atoms with Crippen LogP contribution in [-0.4, -0.2) is 45.7 Å². The molecule has 1 fully saturated rings. The van der Waals surface area contributed by atoms with E-state index in [1.54, 1.807) is 0 Å². The summed E-state index contributed by atoms with van der Waals surface area (Å²) in [5.41, 5.74) is 7.71. The molecule has 2 rings (SSSR count). The van der Waals surface area contributed by atoms with E-state index in [4.69, 9.17) is 5.73 Å². The van der Waals surface area contributed by atoms with Gasteiger partial charge in [0, 0.05) is 30.5 Å². The topological polar surface area (TPSA) is 72.1 Å². The van der Waals surface area contributed by atoms with Crippen molar-refractivity contribution in [3.63, 3.8) is 0 Å². The second kappa shape index (κ2) is 7.81. The number of halogens is 1. The molecule has 7 heteroatoms. The molecule has 0 saturated carbocycles. The summed E-state index contributed by atoms with van der Waals surface area (Å²) in [6.45, 7) is 5.42. The highest BCUT2D eigenvalue weighted by Gasteiger charge is 2.20. The summed E-state index contributed by atoms with van der Waals surface area (Å²) in [6.07, 6.45) is 1.80. The molecule has 0 bridgehead atoms. The molecule has 1 aromatic heterocycles. The van der Waals surface area contributed by atoms with Gasteiger partial charge in [-0.15, -0.1) is 12.4 Å². The molecule has 0 aliphatic carbocycles. The Kier molecular flexibility index (Phi) is 6.71. The fraction of sp³-hybridized carbons (Fsp3) is 0.615. The number of likely N-dealkylation sites (tertiary alicyclic amines) is 1. The van der Waals surface area contributed by atoms with Gasteiger partial charge in [-0.25, -0.2) is 9.97 Å². The molecule has 20 heavy (non-hydrogen) atoms. The number of amides is 1. The van der Waals surface area contributed by atoms with Gasteiger partial charge in [0.05, 0.1) is 5.75 Å². The van der Waals surface area contributed by atoms with Gasteiger partial charge in [-0.2, -0.15) is 0 Å². The molecule has 2 N–H and O–H groups in total. The third kappa shape index (κ3) is 4.92. The van der Waals surface area contributed by atoms with E-state index in [0.29, 0.717) is 10.9 Å². The normalized spacial score (nSPS) is 15.8. The van der Waals surface area contributed by atoms with Gasteiger partial charge in [0.2, 0.25) is 5.91 Å². The van der Waals surface area contributed by atoms with Crippen molar-refractivity contribution in [2.45, 2.75) is 37.9 Å². The molecular formula is C13H21ClN4OS. The molecule has 5 nitrogen and oxygen atoms in total. The molecule has 1 aliphatic rings. The zero-order chi connectivity index (χ0) is 13.8. The number of aromatic nitrogens is 2. The second-order valence-corrected chi connectivity index (χ2v) is 5.88. The Bertz CT molecular complexity index is 443. The van der Waals surface area contributed by atoms with E-state index in [1.165, 1.54) is 11.8 Å². The number of rotatable bonds is 3. The zero-order valence-electron chi connectivity index (χ0n) is 11.8. The average molecular weight is 317 g/mol. The van der Waals surface area contributed by atoms with Gasteiger partial charge in [-0.05, 0) is 32.8 Å². The summed E-state index contributed by atoms with van der Waals surface area (Å²) in [5.74, 6) is 0.553. The Balaban J connectivity index is 0.00000200. The molecule has 1 aromatic rings. The fourth-order valence-electron chi connectivity index (χ4n) is 2.12. The molecule has 1 aliphatic heterocycles. The molecule has 0 unspecified atom stereocenters. The smallest absolute Gasteiger partial charge is 0.233 e. The van der Waals surface area contributed by atoms with Crippen LogP contribution in [0.5, 0.6) is 0 Å². The lowest BCUT2D eigenvalue weighted by atomic mass is 10.1. The lowest BCUT2D eigenvalue weighted by Crippen LogP contribution is -2.43. The van der Waals surface area contributed by atoms with Gasteiger partial charge in [0.25, 0.3) is 0 Å². The standard InChI is InChI=1S/C13H20N4OS.ClH/c1-9-7-10(2)16-13(15-9)19-8-12(18)17-5-3-11(14)4-6-17;/h7,11H,3-6,8,14H2,1-2H3;1H. The summed E-state index contributed by atoms with van der Waals surface area (Å²) in [4.78, 5) is 22.6. The van der Waals surface area contributed by atoms with Crippen LogP contribution in [0.4, 0.5) is 0 Å². The van der Waals surface area contributed by atoms with Crippen molar-refractivity contribution >= 4 is 30.1 Å². The van der Waals surface area contributed by atoms with Gasteiger partial charge < -0.3 is 10.6 Å². The first-order chi connectivity index (χ1) is 9.04. The molecular weight excluding hydrogens is 296 g/mol. The van der Waals surface area contributed by atoms with Crippen LogP contribution < -0.4 is 5.73 Å². The van der Waals surface area contributed by atoms with Gasteiger partial charge in [0.1, 0.15) is 0 Å². The number of hydrogen-bond acceptors (Lipinski definition) is 5. The summed E-state index contributed by atoms with van der Waals surface area (Å²) in [6, 6.07) is 2.18. The Morgan fingerprint density at radius 2 is 1.90 bits per heavy atom. The third-order valence-corrected chi connectivity index (χ3v) is 4.01. The van der Waals surface area contributed by atoms with Crippen molar-refractivity contribution in [2.75, 3.05) is 18.8 Å². The van der Waals surface area contributed by atoms with Gasteiger partial charge in [0.15, 0.2) is 5.16 Å². The van der Waals surface area contributed by atoms with E-state index in [0.717, 1.165) is 37.3 Å². The average Bonchev–Trinajstić information content (AvgIpc) is 2.36.